The summed E-state index contributed by atoms with van der Waals surface area (Å²) in [4.78, 5) is 20.0. The van der Waals surface area contributed by atoms with Gasteiger partial charge < -0.3 is 5.32 Å². The first-order chi connectivity index (χ1) is 8.66. The highest BCUT2D eigenvalue weighted by molar-refractivity contribution is 9.10. The number of nitrogens with one attached hydrogen (secondary N) is 1. The first-order valence-corrected chi connectivity index (χ1v) is 6.28. The molecule has 0 bridgehead atoms. The molecule has 18 heavy (non-hydrogen) atoms. The second-order valence-electron chi connectivity index (χ2n) is 3.85. The molecular weight excluding hydrogens is 294 g/mol. The van der Waals surface area contributed by atoms with Crippen molar-refractivity contribution in [2.24, 2.45) is 0 Å². The summed E-state index contributed by atoms with van der Waals surface area (Å²) in [5.74, 6) is -0.147. The van der Waals surface area contributed by atoms with E-state index in [1.807, 2.05) is 19.1 Å². The predicted molar refractivity (Wildman–Crippen MR) is 72.1 cm³/mol. The van der Waals surface area contributed by atoms with Crippen molar-refractivity contribution in [3.63, 3.8) is 0 Å². The number of hydrogen-bond acceptors (Lipinski definition) is 3. The number of nitrogens with zero attached hydrogens (tertiary/aromatic N) is 2. The third-order valence-electron chi connectivity index (χ3n) is 2.52. The van der Waals surface area contributed by atoms with E-state index in [4.69, 9.17) is 0 Å². The van der Waals surface area contributed by atoms with Crippen molar-refractivity contribution in [2.45, 2.75) is 13.0 Å². The molecule has 1 amide bonds. The lowest BCUT2D eigenvalue weighted by Gasteiger charge is -2.13. The van der Waals surface area contributed by atoms with Crippen molar-refractivity contribution >= 4 is 21.8 Å². The van der Waals surface area contributed by atoms with Crippen molar-refractivity contribution in [3.8, 4) is 0 Å². The minimum Gasteiger partial charge on any atom is -0.345 e. The number of hydrogen-bond donors (Lipinski definition) is 1. The van der Waals surface area contributed by atoms with E-state index in [2.05, 4.69) is 31.2 Å². The Hall–Kier alpha value is -1.75. The highest BCUT2D eigenvalue weighted by Gasteiger charge is 2.11. The van der Waals surface area contributed by atoms with Gasteiger partial charge in [-0.1, -0.05) is 6.07 Å². The molecule has 0 fully saturated rings. The molecular formula is C13H12BrN3O. The summed E-state index contributed by atoms with van der Waals surface area (Å²) in [5, 5.41) is 2.90. The standard InChI is InChI=1S/C13H12BrN3O/c1-9(10-3-2-6-15-7-10)17-13(18)11-4-5-12(14)16-8-11/h2-9H,1H3,(H,17,18). The van der Waals surface area contributed by atoms with E-state index >= 15 is 0 Å². The van der Waals surface area contributed by atoms with Crippen LogP contribution < -0.4 is 5.32 Å². The second kappa shape index (κ2) is 5.73. The summed E-state index contributed by atoms with van der Waals surface area (Å²) < 4.78 is 0.708. The van der Waals surface area contributed by atoms with Crippen molar-refractivity contribution in [2.75, 3.05) is 0 Å². The van der Waals surface area contributed by atoms with Gasteiger partial charge in [-0.15, -0.1) is 0 Å². The third kappa shape index (κ3) is 3.13. The molecule has 0 saturated carbocycles. The molecule has 0 saturated heterocycles. The average Bonchev–Trinajstić information content (AvgIpc) is 2.40. The molecule has 2 aromatic rings. The number of aromatic nitrogens is 2. The zero-order chi connectivity index (χ0) is 13.0. The molecule has 0 spiro atoms. The van der Waals surface area contributed by atoms with Gasteiger partial charge in [-0.25, -0.2) is 4.98 Å². The summed E-state index contributed by atoms with van der Waals surface area (Å²) in [7, 11) is 0. The maximum absolute atomic E-state index is 12.0. The molecule has 0 radical (unpaired) electrons. The van der Waals surface area contributed by atoms with Crippen LogP contribution in [0.1, 0.15) is 28.9 Å². The summed E-state index contributed by atoms with van der Waals surface area (Å²) in [6, 6.07) is 7.15. The van der Waals surface area contributed by atoms with Crippen LogP contribution in [0, 0.1) is 0 Å². The molecule has 1 N–H and O–H groups in total. The van der Waals surface area contributed by atoms with Gasteiger partial charge in [-0.2, -0.15) is 0 Å². The number of carbonyl (C=O) groups is 1. The Morgan fingerprint density at radius 2 is 2.17 bits per heavy atom. The molecule has 5 heteroatoms. The minimum absolute atomic E-state index is 0.0881. The normalized spacial score (nSPS) is 11.9. The Morgan fingerprint density at radius 1 is 1.33 bits per heavy atom. The van der Waals surface area contributed by atoms with Gasteiger partial charge >= 0.3 is 0 Å². The number of halogens is 1. The molecule has 0 aromatic carbocycles. The monoisotopic (exact) mass is 305 g/mol. The maximum atomic E-state index is 12.0. The fourth-order valence-electron chi connectivity index (χ4n) is 1.51. The Balaban J connectivity index is 2.06. The minimum atomic E-state index is -0.147. The van der Waals surface area contributed by atoms with Crippen LogP contribution in [-0.2, 0) is 0 Å². The second-order valence-corrected chi connectivity index (χ2v) is 4.66. The van der Waals surface area contributed by atoms with Crippen LogP contribution in [-0.4, -0.2) is 15.9 Å². The van der Waals surface area contributed by atoms with Gasteiger partial charge in [0.2, 0.25) is 0 Å². The van der Waals surface area contributed by atoms with Crippen LogP contribution in [0.2, 0.25) is 0 Å². The molecule has 2 heterocycles. The van der Waals surface area contributed by atoms with Gasteiger partial charge in [0, 0.05) is 18.6 Å². The van der Waals surface area contributed by atoms with Gasteiger partial charge in [0.1, 0.15) is 4.60 Å². The van der Waals surface area contributed by atoms with E-state index in [0.717, 1.165) is 5.56 Å². The zero-order valence-electron chi connectivity index (χ0n) is 9.80. The lowest BCUT2D eigenvalue weighted by molar-refractivity contribution is 0.0939. The van der Waals surface area contributed by atoms with E-state index < -0.39 is 0 Å². The van der Waals surface area contributed by atoms with Crippen molar-refractivity contribution in [3.05, 3.63) is 58.6 Å². The highest BCUT2D eigenvalue weighted by atomic mass is 79.9. The zero-order valence-corrected chi connectivity index (χ0v) is 11.4. The SMILES string of the molecule is CC(NC(=O)c1ccc(Br)nc1)c1cccnc1. The van der Waals surface area contributed by atoms with E-state index in [9.17, 15) is 4.79 Å². The molecule has 0 aliphatic rings. The number of amides is 1. The molecule has 0 aliphatic carbocycles. The van der Waals surface area contributed by atoms with Crippen LogP contribution in [0.4, 0.5) is 0 Å². The van der Waals surface area contributed by atoms with Gasteiger partial charge in [-0.05, 0) is 46.6 Å². The molecule has 4 nitrogen and oxygen atoms in total. The van der Waals surface area contributed by atoms with E-state index in [1.54, 1.807) is 24.5 Å². The van der Waals surface area contributed by atoms with E-state index in [0.29, 0.717) is 10.2 Å². The first-order valence-electron chi connectivity index (χ1n) is 5.49. The summed E-state index contributed by atoms with van der Waals surface area (Å²) >= 11 is 3.23. The lowest BCUT2D eigenvalue weighted by atomic mass is 10.1. The lowest BCUT2D eigenvalue weighted by Crippen LogP contribution is -2.26. The Morgan fingerprint density at radius 3 is 2.78 bits per heavy atom. The fourth-order valence-corrected chi connectivity index (χ4v) is 1.74. The molecule has 1 unspecified atom stereocenters. The Bertz CT molecular complexity index is 528. The van der Waals surface area contributed by atoms with Crippen LogP contribution in [0.25, 0.3) is 0 Å². The molecule has 1 atom stereocenters. The third-order valence-corrected chi connectivity index (χ3v) is 2.99. The van der Waals surface area contributed by atoms with Crippen molar-refractivity contribution < 1.29 is 4.79 Å². The van der Waals surface area contributed by atoms with E-state index in [-0.39, 0.29) is 11.9 Å². The Labute approximate surface area is 114 Å². The van der Waals surface area contributed by atoms with Crippen LogP contribution in [0.3, 0.4) is 0 Å². The van der Waals surface area contributed by atoms with Gasteiger partial charge in [-0.3, -0.25) is 9.78 Å². The van der Waals surface area contributed by atoms with Crippen LogP contribution in [0.15, 0.2) is 47.5 Å². The molecule has 2 aromatic heterocycles. The number of carbonyl (C=O) groups excluding carboxylic acids is 1. The number of pyridine rings is 2. The van der Waals surface area contributed by atoms with Gasteiger partial charge in [0.25, 0.3) is 5.91 Å². The smallest absolute Gasteiger partial charge is 0.253 e. The summed E-state index contributed by atoms with van der Waals surface area (Å²) in [5.41, 5.74) is 1.50. The van der Waals surface area contributed by atoms with Gasteiger partial charge in [0.15, 0.2) is 0 Å². The largest absolute Gasteiger partial charge is 0.345 e. The van der Waals surface area contributed by atoms with E-state index in [1.165, 1.54) is 6.20 Å². The van der Waals surface area contributed by atoms with Crippen LogP contribution >= 0.6 is 15.9 Å². The number of rotatable bonds is 3. The predicted octanol–water partition coefficient (Wildman–Crippen LogP) is 2.73. The molecule has 0 aliphatic heterocycles. The summed E-state index contributed by atoms with van der Waals surface area (Å²) in [6.45, 7) is 1.92. The van der Waals surface area contributed by atoms with Crippen molar-refractivity contribution in [1.82, 2.24) is 15.3 Å². The van der Waals surface area contributed by atoms with Gasteiger partial charge in [0.05, 0.1) is 11.6 Å². The first kappa shape index (κ1) is 12.7. The molecule has 92 valence electrons. The van der Waals surface area contributed by atoms with Crippen molar-refractivity contribution in [1.29, 1.82) is 0 Å². The Kier molecular flexibility index (Phi) is 4.04. The quantitative estimate of drug-likeness (QED) is 0.887. The molecule has 2 rings (SSSR count). The maximum Gasteiger partial charge on any atom is 0.253 e. The van der Waals surface area contributed by atoms with Crippen LogP contribution in [0.5, 0.6) is 0 Å². The topological polar surface area (TPSA) is 54.9 Å². The fraction of sp³-hybridized carbons (Fsp3) is 0.154. The average molecular weight is 306 g/mol. The summed E-state index contributed by atoms with van der Waals surface area (Å²) in [6.07, 6.45) is 4.98. The highest BCUT2D eigenvalue weighted by Crippen LogP contribution is 2.12.